The number of carbonyl (C=O) groups is 2. The van der Waals surface area contributed by atoms with Crippen LogP contribution in [0.3, 0.4) is 0 Å². The summed E-state index contributed by atoms with van der Waals surface area (Å²) in [6.07, 6.45) is 0.0301. The molecule has 0 aromatic heterocycles. The summed E-state index contributed by atoms with van der Waals surface area (Å²) < 4.78 is 0. The van der Waals surface area contributed by atoms with Gasteiger partial charge in [0.15, 0.2) is 0 Å². The molecule has 0 aliphatic rings. The van der Waals surface area contributed by atoms with E-state index in [4.69, 9.17) is 5.21 Å². The summed E-state index contributed by atoms with van der Waals surface area (Å²) in [7, 11) is 0. The Morgan fingerprint density at radius 2 is 2.29 bits per heavy atom. The summed E-state index contributed by atoms with van der Waals surface area (Å²) in [6.45, 7) is 1.08. The molecule has 0 bridgehead atoms. The van der Waals surface area contributed by atoms with Gasteiger partial charge >= 0.3 is 0 Å². The Morgan fingerprint density at radius 3 is 2.29 bits per heavy atom. The molecule has 4 heteroatoms. The monoisotopic (exact) mass is 103 g/mol. The number of hydrogen-bond donors (Lipinski definition) is 1. The maximum Gasteiger partial charge on any atom is 0.249 e. The second-order valence-electron chi connectivity index (χ2n) is 0.969. The van der Waals surface area contributed by atoms with Crippen molar-refractivity contribution in [3.05, 3.63) is 0 Å². The van der Waals surface area contributed by atoms with Crippen LogP contribution in [0.4, 0.5) is 0 Å². The van der Waals surface area contributed by atoms with Crippen molar-refractivity contribution in [3.63, 3.8) is 0 Å². The first-order chi connectivity index (χ1) is 3.18. The summed E-state index contributed by atoms with van der Waals surface area (Å²) >= 11 is 0. The van der Waals surface area contributed by atoms with Crippen LogP contribution in [-0.2, 0) is 9.59 Å². The van der Waals surface area contributed by atoms with Gasteiger partial charge in [-0.05, 0) is 0 Å². The average molecular weight is 103 g/mol. The predicted octanol–water partition coefficient (Wildman–Crippen LogP) is -0.619. The minimum atomic E-state index is -0.685. The second kappa shape index (κ2) is 2.30. The van der Waals surface area contributed by atoms with E-state index in [2.05, 4.69) is 0 Å². The summed E-state index contributed by atoms with van der Waals surface area (Å²) in [5, 5.41) is 8.02. The van der Waals surface area contributed by atoms with E-state index in [9.17, 15) is 9.59 Å². The van der Waals surface area contributed by atoms with Crippen LogP contribution in [0.5, 0.6) is 0 Å². The van der Waals surface area contributed by atoms with Gasteiger partial charge in [0.05, 0.1) is 0 Å². The lowest BCUT2D eigenvalue weighted by molar-refractivity contribution is -0.168. The Morgan fingerprint density at radius 1 is 1.86 bits per heavy atom. The van der Waals surface area contributed by atoms with E-state index >= 15 is 0 Å². The lowest BCUT2D eigenvalue weighted by Crippen LogP contribution is -2.21. The van der Waals surface area contributed by atoms with Crippen molar-refractivity contribution in [2.45, 2.75) is 6.92 Å². The van der Waals surface area contributed by atoms with Crippen LogP contribution in [0.25, 0.3) is 0 Å². The van der Waals surface area contributed by atoms with Gasteiger partial charge in [0.25, 0.3) is 0 Å². The first-order valence-electron chi connectivity index (χ1n) is 1.62. The molecule has 0 saturated carbocycles. The summed E-state index contributed by atoms with van der Waals surface area (Å²) in [5.41, 5.74) is 0. The molecule has 0 rings (SSSR count). The topological polar surface area (TPSA) is 57.6 Å². The zero-order chi connectivity index (χ0) is 5.86. The number of nitrogens with zero attached hydrogens (tertiary/aromatic N) is 1. The van der Waals surface area contributed by atoms with Crippen molar-refractivity contribution < 1.29 is 14.8 Å². The molecule has 0 aromatic carbocycles. The molecule has 0 heterocycles. The molecule has 2 amide bonds. The van der Waals surface area contributed by atoms with Crippen LogP contribution in [0.15, 0.2) is 0 Å². The maximum atomic E-state index is 9.82. The van der Waals surface area contributed by atoms with Gasteiger partial charge in [-0.3, -0.25) is 14.8 Å². The fourth-order valence-corrected chi connectivity index (χ4v) is 0.0742. The van der Waals surface area contributed by atoms with E-state index in [0.717, 1.165) is 6.92 Å². The molecule has 40 valence electrons. The number of imide groups is 1. The van der Waals surface area contributed by atoms with Gasteiger partial charge in [0.1, 0.15) is 0 Å². The molecule has 4 nitrogen and oxygen atoms in total. The highest BCUT2D eigenvalue weighted by molar-refractivity contribution is 5.82. The Balaban J connectivity index is 3.55. The third-order valence-corrected chi connectivity index (χ3v) is 0.422. The van der Waals surface area contributed by atoms with Crippen molar-refractivity contribution in [1.29, 1.82) is 0 Å². The summed E-state index contributed by atoms with van der Waals surface area (Å²) in [5.74, 6) is -0.685. The van der Waals surface area contributed by atoms with Crippen LogP contribution in [0, 0.1) is 0 Å². The Kier molecular flexibility index (Phi) is 2.01. The molecule has 0 spiro atoms. The molecular weight excluding hydrogens is 98.0 g/mol. The highest BCUT2D eigenvalue weighted by Gasteiger charge is 1.97. The van der Waals surface area contributed by atoms with E-state index in [1.165, 1.54) is 0 Å². The van der Waals surface area contributed by atoms with E-state index in [0.29, 0.717) is 0 Å². The van der Waals surface area contributed by atoms with Gasteiger partial charge in [-0.15, -0.1) is 0 Å². The predicted molar refractivity (Wildman–Crippen MR) is 20.4 cm³/mol. The van der Waals surface area contributed by atoms with Crippen molar-refractivity contribution in [3.8, 4) is 0 Å². The van der Waals surface area contributed by atoms with Gasteiger partial charge in [-0.25, -0.2) is 0 Å². The van der Waals surface area contributed by atoms with E-state index < -0.39 is 5.91 Å². The SMILES string of the molecule is CC(=O)N(O)C=O. The van der Waals surface area contributed by atoms with E-state index in [1.54, 1.807) is 0 Å². The number of carbonyl (C=O) groups excluding carboxylic acids is 2. The molecule has 0 aromatic rings. The van der Waals surface area contributed by atoms with Crippen LogP contribution in [0.1, 0.15) is 6.92 Å². The lowest BCUT2D eigenvalue weighted by atomic mass is 10.7. The molecule has 1 N–H and O–H groups in total. The fraction of sp³-hybridized carbons (Fsp3) is 0.333. The minimum Gasteiger partial charge on any atom is -0.279 e. The third-order valence-electron chi connectivity index (χ3n) is 0.422. The molecule has 0 aliphatic carbocycles. The minimum absolute atomic E-state index is 0.0278. The fourth-order valence-electron chi connectivity index (χ4n) is 0.0742. The number of hydroxylamine groups is 2. The van der Waals surface area contributed by atoms with Crippen LogP contribution in [0.2, 0.25) is 0 Å². The zero-order valence-corrected chi connectivity index (χ0v) is 3.79. The standard InChI is InChI=1S/C3H5NO3/c1-3(6)4(7)2-5/h2,7H,1H3. The Bertz CT molecular complexity index is 90.2. The second-order valence-corrected chi connectivity index (χ2v) is 0.969. The van der Waals surface area contributed by atoms with E-state index in [-0.39, 0.29) is 11.5 Å². The van der Waals surface area contributed by atoms with Gasteiger partial charge in [-0.2, -0.15) is 5.06 Å². The third kappa shape index (κ3) is 1.88. The first kappa shape index (κ1) is 6.10. The van der Waals surface area contributed by atoms with Crippen molar-refractivity contribution in [1.82, 2.24) is 5.06 Å². The largest absolute Gasteiger partial charge is 0.279 e. The first-order valence-corrected chi connectivity index (χ1v) is 1.62. The van der Waals surface area contributed by atoms with E-state index in [1.807, 2.05) is 0 Å². The number of hydrogen-bond acceptors (Lipinski definition) is 3. The molecule has 0 aliphatic heterocycles. The van der Waals surface area contributed by atoms with Gasteiger partial charge in [0.2, 0.25) is 12.3 Å². The molecule has 0 saturated heterocycles. The maximum absolute atomic E-state index is 9.82. The molecular formula is C3H5NO3. The van der Waals surface area contributed by atoms with Crippen LogP contribution >= 0.6 is 0 Å². The smallest absolute Gasteiger partial charge is 0.249 e. The van der Waals surface area contributed by atoms with Crippen LogP contribution in [-0.4, -0.2) is 22.6 Å². The summed E-state index contributed by atoms with van der Waals surface area (Å²) in [6, 6.07) is 0. The zero-order valence-electron chi connectivity index (χ0n) is 3.79. The lowest BCUT2D eigenvalue weighted by Gasteiger charge is -1.97. The van der Waals surface area contributed by atoms with Crippen molar-refractivity contribution in [2.75, 3.05) is 0 Å². The quantitative estimate of drug-likeness (QED) is 0.273. The average Bonchev–Trinajstić information content (AvgIpc) is 1.65. The molecule has 0 radical (unpaired) electrons. The van der Waals surface area contributed by atoms with Gasteiger partial charge in [0, 0.05) is 6.92 Å². The molecule has 0 unspecified atom stereocenters. The van der Waals surface area contributed by atoms with Crippen LogP contribution < -0.4 is 0 Å². The highest BCUT2D eigenvalue weighted by Crippen LogP contribution is 1.71. The van der Waals surface area contributed by atoms with Gasteiger partial charge in [-0.1, -0.05) is 0 Å². The van der Waals surface area contributed by atoms with Crippen molar-refractivity contribution in [2.24, 2.45) is 0 Å². The Labute approximate surface area is 40.3 Å². The van der Waals surface area contributed by atoms with Gasteiger partial charge < -0.3 is 0 Å². The summed E-state index contributed by atoms with van der Waals surface area (Å²) in [4.78, 5) is 19.2. The molecule has 0 fully saturated rings. The molecule has 0 atom stereocenters. The number of amides is 2. The highest BCUT2D eigenvalue weighted by atomic mass is 16.5. The normalized spacial score (nSPS) is 7.71. The number of rotatable bonds is 1. The Hall–Kier alpha value is -0.900. The molecule has 7 heavy (non-hydrogen) atoms. The van der Waals surface area contributed by atoms with Crippen molar-refractivity contribution >= 4 is 12.3 Å².